The van der Waals surface area contributed by atoms with Crippen molar-refractivity contribution in [2.45, 2.75) is 54.8 Å². The first kappa shape index (κ1) is 22.1. The van der Waals surface area contributed by atoms with E-state index in [0.717, 1.165) is 0 Å². The quantitative estimate of drug-likeness (QED) is 0.204. The van der Waals surface area contributed by atoms with Crippen LogP contribution in [0.4, 0.5) is 0 Å². The van der Waals surface area contributed by atoms with Gasteiger partial charge in [-0.05, 0) is 0 Å². The summed E-state index contributed by atoms with van der Waals surface area (Å²) in [6.07, 6.45) is -12.7. The number of rotatable bonds is 5. The van der Waals surface area contributed by atoms with Crippen LogP contribution in [0.25, 0.3) is 0 Å². The van der Waals surface area contributed by atoms with Gasteiger partial charge in [0.05, 0.1) is 13.2 Å². The van der Waals surface area contributed by atoms with E-state index in [-0.39, 0.29) is 17.1 Å². The predicted octanol–water partition coefficient (Wildman–Crippen LogP) is -5.40. The number of aliphatic hydroxyl groups is 8. The standard InChI is InChI=1S/C12H22O11.Cu/c13-1-4-6(16)8(18)9(19)11(21-4)23-12(3-15)10(20)7(17)5(2-14)22-12;/h4-11,13-20H,1-3H2;/t4-,5-,6-,7-,8+,9-,10+,11-,12+;/m1./s1. The fourth-order valence-electron chi connectivity index (χ4n) is 2.63. The summed E-state index contributed by atoms with van der Waals surface area (Å²) in [6.45, 7) is -2.32. The van der Waals surface area contributed by atoms with Gasteiger partial charge < -0.3 is 55.1 Å². The smallest absolute Gasteiger partial charge is 0.224 e. The SMILES string of the molecule is OC[C@H]1O[C@@](CO)(O[C@H]2O[C@H](CO)[C@@H](O)[C@H](O)[C@H]2O)[C@@H](O)[C@@H]1O.[Cu]. The van der Waals surface area contributed by atoms with Crippen LogP contribution < -0.4 is 0 Å². The van der Waals surface area contributed by atoms with Gasteiger partial charge in [0, 0.05) is 17.1 Å². The summed E-state index contributed by atoms with van der Waals surface area (Å²) in [5.41, 5.74) is 0. The Morgan fingerprint density at radius 3 is 1.83 bits per heavy atom. The summed E-state index contributed by atoms with van der Waals surface area (Å²) < 4.78 is 15.4. The van der Waals surface area contributed by atoms with Crippen molar-refractivity contribution >= 4 is 0 Å². The Labute approximate surface area is 147 Å². The zero-order chi connectivity index (χ0) is 17.4. The molecule has 0 aromatic heterocycles. The molecule has 0 aromatic rings. The first-order valence-electron chi connectivity index (χ1n) is 7.05. The van der Waals surface area contributed by atoms with Gasteiger partial charge in [0.15, 0.2) is 6.29 Å². The van der Waals surface area contributed by atoms with Crippen molar-refractivity contribution in [1.29, 1.82) is 0 Å². The van der Waals surface area contributed by atoms with Crippen LogP contribution in [0.5, 0.6) is 0 Å². The zero-order valence-corrected chi connectivity index (χ0v) is 13.3. The molecule has 0 bridgehead atoms. The van der Waals surface area contributed by atoms with Crippen LogP contribution in [0.15, 0.2) is 0 Å². The van der Waals surface area contributed by atoms with Gasteiger partial charge in [0.2, 0.25) is 5.79 Å². The van der Waals surface area contributed by atoms with Crippen molar-refractivity contribution in [1.82, 2.24) is 0 Å². The second-order valence-electron chi connectivity index (χ2n) is 5.56. The monoisotopic (exact) mass is 405 g/mol. The first-order chi connectivity index (χ1) is 10.8. The Kier molecular flexibility index (Phi) is 7.97. The van der Waals surface area contributed by atoms with Gasteiger partial charge in [-0.15, -0.1) is 0 Å². The summed E-state index contributed by atoms with van der Waals surface area (Å²) in [5, 5.41) is 76.7. The third-order valence-corrected chi connectivity index (χ3v) is 4.07. The van der Waals surface area contributed by atoms with E-state index < -0.39 is 74.6 Å². The number of hydrogen-bond donors (Lipinski definition) is 8. The second kappa shape index (κ2) is 8.64. The van der Waals surface area contributed by atoms with Gasteiger partial charge in [-0.3, -0.25) is 0 Å². The average molecular weight is 406 g/mol. The molecule has 9 atom stereocenters. The maximum absolute atomic E-state index is 10.00. The predicted molar refractivity (Wildman–Crippen MR) is 68.6 cm³/mol. The second-order valence-corrected chi connectivity index (χ2v) is 5.56. The molecule has 24 heavy (non-hydrogen) atoms. The van der Waals surface area contributed by atoms with E-state index in [1.807, 2.05) is 0 Å². The Hall–Kier alpha value is 0.0795. The molecule has 2 saturated heterocycles. The summed E-state index contributed by atoms with van der Waals surface area (Å²) in [7, 11) is 0. The molecule has 11 nitrogen and oxygen atoms in total. The van der Waals surface area contributed by atoms with Crippen LogP contribution in [-0.4, -0.2) is 115 Å². The molecule has 1 radical (unpaired) electrons. The molecular formula is C12H22CuO11. The van der Waals surface area contributed by atoms with Crippen LogP contribution in [0.1, 0.15) is 0 Å². The molecule has 2 rings (SSSR count). The van der Waals surface area contributed by atoms with Gasteiger partial charge in [-0.1, -0.05) is 0 Å². The Morgan fingerprint density at radius 2 is 1.38 bits per heavy atom. The molecule has 0 saturated carbocycles. The van der Waals surface area contributed by atoms with E-state index in [9.17, 15) is 30.6 Å². The minimum Gasteiger partial charge on any atom is -0.394 e. The van der Waals surface area contributed by atoms with Crippen molar-refractivity contribution < 1.29 is 72.1 Å². The van der Waals surface area contributed by atoms with Crippen molar-refractivity contribution in [2.24, 2.45) is 0 Å². The van der Waals surface area contributed by atoms with Crippen LogP contribution in [0.3, 0.4) is 0 Å². The molecule has 0 spiro atoms. The maximum atomic E-state index is 10.00. The molecule has 2 heterocycles. The molecule has 147 valence electrons. The molecule has 2 aliphatic heterocycles. The van der Waals surface area contributed by atoms with Crippen molar-refractivity contribution in [2.75, 3.05) is 19.8 Å². The number of aliphatic hydroxyl groups excluding tert-OH is 8. The third kappa shape index (κ3) is 3.76. The van der Waals surface area contributed by atoms with E-state index in [4.69, 9.17) is 24.4 Å². The average Bonchev–Trinajstić information content (AvgIpc) is 2.80. The minimum atomic E-state index is -2.22. The van der Waals surface area contributed by atoms with Crippen molar-refractivity contribution in [3.8, 4) is 0 Å². The van der Waals surface area contributed by atoms with E-state index >= 15 is 0 Å². The maximum Gasteiger partial charge on any atom is 0.224 e. The fourth-order valence-corrected chi connectivity index (χ4v) is 2.63. The molecule has 0 amide bonds. The van der Waals surface area contributed by atoms with E-state index in [0.29, 0.717) is 0 Å². The van der Waals surface area contributed by atoms with E-state index in [1.54, 1.807) is 0 Å². The summed E-state index contributed by atoms with van der Waals surface area (Å²) in [5.74, 6) is -2.22. The first-order valence-corrected chi connectivity index (χ1v) is 7.05. The molecule has 2 aliphatic rings. The summed E-state index contributed by atoms with van der Waals surface area (Å²) >= 11 is 0. The molecule has 0 aromatic carbocycles. The van der Waals surface area contributed by atoms with E-state index in [2.05, 4.69) is 0 Å². The van der Waals surface area contributed by atoms with Gasteiger partial charge in [-0.2, -0.15) is 0 Å². The molecule has 0 unspecified atom stereocenters. The Morgan fingerprint density at radius 1 is 0.792 bits per heavy atom. The van der Waals surface area contributed by atoms with Gasteiger partial charge >= 0.3 is 0 Å². The molecule has 12 heteroatoms. The Balaban J connectivity index is 0.00000288. The normalized spacial score (nSPS) is 49.0. The van der Waals surface area contributed by atoms with Crippen molar-refractivity contribution in [3.05, 3.63) is 0 Å². The Bertz CT molecular complexity index is 399. The topological polar surface area (TPSA) is 190 Å². The van der Waals surface area contributed by atoms with Crippen LogP contribution in [0.2, 0.25) is 0 Å². The number of hydrogen-bond acceptors (Lipinski definition) is 11. The largest absolute Gasteiger partial charge is 0.394 e. The van der Waals surface area contributed by atoms with E-state index in [1.165, 1.54) is 0 Å². The third-order valence-electron chi connectivity index (χ3n) is 4.07. The van der Waals surface area contributed by atoms with Crippen LogP contribution in [0, 0.1) is 0 Å². The fraction of sp³-hybridized carbons (Fsp3) is 1.00. The summed E-state index contributed by atoms with van der Waals surface area (Å²) in [4.78, 5) is 0. The van der Waals surface area contributed by atoms with Crippen molar-refractivity contribution in [3.63, 3.8) is 0 Å². The van der Waals surface area contributed by atoms with Gasteiger partial charge in [0.1, 0.15) is 49.3 Å². The summed E-state index contributed by atoms with van der Waals surface area (Å²) in [6, 6.07) is 0. The molecule has 0 aliphatic carbocycles. The van der Waals surface area contributed by atoms with Gasteiger partial charge in [0.25, 0.3) is 0 Å². The number of ether oxygens (including phenoxy) is 3. The minimum absolute atomic E-state index is 0. The molecular weight excluding hydrogens is 384 g/mol. The van der Waals surface area contributed by atoms with Gasteiger partial charge in [-0.25, -0.2) is 0 Å². The van der Waals surface area contributed by atoms with Crippen LogP contribution in [-0.2, 0) is 31.3 Å². The van der Waals surface area contributed by atoms with Crippen LogP contribution >= 0.6 is 0 Å². The zero-order valence-electron chi connectivity index (χ0n) is 12.3. The molecule has 2 fully saturated rings. The molecule has 8 N–H and O–H groups in total.